The van der Waals surface area contributed by atoms with Gasteiger partial charge in [0, 0.05) is 0 Å². The van der Waals surface area contributed by atoms with Crippen LogP contribution in [0.1, 0.15) is 36.1 Å². The zero-order chi connectivity index (χ0) is 11.3. The van der Waals surface area contributed by atoms with E-state index in [4.69, 9.17) is 10.5 Å². The molecule has 0 fully saturated rings. The van der Waals surface area contributed by atoms with Gasteiger partial charge in [-0.05, 0) is 29.5 Å². The highest BCUT2D eigenvalue weighted by molar-refractivity contribution is 5.49. The fourth-order valence-electron chi connectivity index (χ4n) is 1.83. The first-order valence-corrected chi connectivity index (χ1v) is 5.19. The van der Waals surface area contributed by atoms with Gasteiger partial charge < -0.3 is 0 Å². The molecule has 0 amide bonds. The van der Waals surface area contributed by atoms with E-state index >= 15 is 0 Å². The van der Waals surface area contributed by atoms with Crippen molar-refractivity contribution in [3.8, 4) is 12.1 Å². The fraction of sp³-hybridized carbons (Fsp3) is 0.385. The van der Waals surface area contributed by atoms with Crippen LogP contribution in [0.15, 0.2) is 12.1 Å². The molecular formula is C13H14N2. The molecule has 0 N–H and O–H groups in total. The van der Waals surface area contributed by atoms with Crippen molar-refractivity contribution in [1.29, 1.82) is 10.5 Å². The van der Waals surface area contributed by atoms with Crippen LogP contribution in [0.2, 0.25) is 0 Å². The van der Waals surface area contributed by atoms with Crippen molar-refractivity contribution in [1.82, 2.24) is 0 Å². The number of nitriles is 2. The van der Waals surface area contributed by atoms with Gasteiger partial charge in [-0.15, -0.1) is 0 Å². The molecule has 0 aromatic heterocycles. The quantitative estimate of drug-likeness (QED) is 0.749. The van der Waals surface area contributed by atoms with E-state index in [0.717, 1.165) is 35.1 Å². The summed E-state index contributed by atoms with van der Waals surface area (Å²) in [5.74, 6) is 0. The molecule has 0 saturated carbocycles. The maximum absolute atomic E-state index is 9.12. The van der Waals surface area contributed by atoms with Gasteiger partial charge in [-0.2, -0.15) is 10.5 Å². The molecule has 2 heteroatoms. The number of nitrogens with zero attached hydrogens (tertiary/aromatic N) is 2. The zero-order valence-electron chi connectivity index (χ0n) is 9.17. The van der Waals surface area contributed by atoms with Crippen LogP contribution in [0.3, 0.4) is 0 Å². The van der Waals surface area contributed by atoms with Crippen molar-refractivity contribution in [3.05, 3.63) is 34.4 Å². The second-order valence-electron chi connectivity index (χ2n) is 3.39. The molecule has 76 valence electrons. The minimum atomic E-state index is 0.391. The Bertz CT molecular complexity index is 433. The summed E-state index contributed by atoms with van der Waals surface area (Å²) in [5.41, 5.74) is 3.89. The first kappa shape index (κ1) is 11.3. The summed E-state index contributed by atoms with van der Waals surface area (Å²) in [5, 5.41) is 17.8. The van der Waals surface area contributed by atoms with Gasteiger partial charge in [0.05, 0.1) is 24.1 Å². The molecule has 15 heavy (non-hydrogen) atoms. The third-order valence-corrected chi connectivity index (χ3v) is 2.61. The van der Waals surface area contributed by atoms with Crippen LogP contribution in [-0.4, -0.2) is 0 Å². The second-order valence-corrected chi connectivity index (χ2v) is 3.39. The molecule has 0 aliphatic rings. The van der Waals surface area contributed by atoms with E-state index in [0.29, 0.717) is 6.42 Å². The topological polar surface area (TPSA) is 47.6 Å². The Morgan fingerprint density at radius 3 is 2.20 bits per heavy atom. The van der Waals surface area contributed by atoms with Crippen LogP contribution in [0.25, 0.3) is 0 Å². The van der Waals surface area contributed by atoms with Crippen LogP contribution in [0, 0.1) is 22.7 Å². The summed E-state index contributed by atoms with van der Waals surface area (Å²) in [4.78, 5) is 0. The maximum atomic E-state index is 9.12. The van der Waals surface area contributed by atoms with Crippen LogP contribution >= 0.6 is 0 Å². The van der Waals surface area contributed by atoms with Gasteiger partial charge in [-0.3, -0.25) is 0 Å². The van der Waals surface area contributed by atoms with Crippen LogP contribution in [-0.2, 0) is 19.3 Å². The summed E-state index contributed by atoms with van der Waals surface area (Å²) >= 11 is 0. The van der Waals surface area contributed by atoms with Crippen molar-refractivity contribution in [2.45, 2.75) is 33.1 Å². The minimum absolute atomic E-state index is 0.391. The minimum Gasteiger partial charge on any atom is -0.198 e. The lowest BCUT2D eigenvalue weighted by molar-refractivity contribution is 1.03. The van der Waals surface area contributed by atoms with Crippen LogP contribution in [0.5, 0.6) is 0 Å². The highest BCUT2D eigenvalue weighted by atomic mass is 14.3. The van der Waals surface area contributed by atoms with Gasteiger partial charge in [0.2, 0.25) is 0 Å². The normalized spacial score (nSPS) is 9.33. The second kappa shape index (κ2) is 5.17. The Morgan fingerprint density at radius 1 is 1.07 bits per heavy atom. The molecule has 0 spiro atoms. The average molecular weight is 198 g/mol. The Hall–Kier alpha value is -1.80. The van der Waals surface area contributed by atoms with Gasteiger partial charge in [0.15, 0.2) is 0 Å². The lowest BCUT2D eigenvalue weighted by atomic mass is 9.92. The third kappa shape index (κ3) is 2.17. The molecule has 1 aromatic rings. The molecule has 0 saturated heterocycles. The maximum Gasteiger partial charge on any atom is 0.0997 e. The first-order chi connectivity index (χ1) is 7.28. The number of hydrogen-bond acceptors (Lipinski definition) is 2. The van der Waals surface area contributed by atoms with E-state index in [1.54, 1.807) is 0 Å². The highest BCUT2D eigenvalue weighted by Crippen LogP contribution is 2.20. The molecule has 0 aliphatic carbocycles. The van der Waals surface area contributed by atoms with Crippen molar-refractivity contribution >= 4 is 0 Å². The molecule has 0 radical (unpaired) electrons. The van der Waals surface area contributed by atoms with Crippen molar-refractivity contribution in [2.24, 2.45) is 0 Å². The predicted molar refractivity (Wildman–Crippen MR) is 59.2 cm³/mol. The molecule has 1 aromatic carbocycles. The van der Waals surface area contributed by atoms with E-state index in [2.05, 4.69) is 12.1 Å². The Balaban J connectivity index is 3.37. The van der Waals surface area contributed by atoms with Gasteiger partial charge in [0.1, 0.15) is 0 Å². The summed E-state index contributed by atoms with van der Waals surface area (Å²) < 4.78 is 0. The van der Waals surface area contributed by atoms with E-state index in [1.165, 1.54) is 0 Å². The predicted octanol–water partition coefficient (Wildman–Crippen LogP) is 2.75. The summed E-state index contributed by atoms with van der Waals surface area (Å²) in [7, 11) is 0. The number of hydrogen-bond donors (Lipinski definition) is 0. The van der Waals surface area contributed by atoms with Gasteiger partial charge in [-0.25, -0.2) is 0 Å². The van der Waals surface area contributed by atoms with E-state index in [9.17, 15) is 0 Å². The Labute approximate surface area is 90.8 Å². The number of rotatable bonds is 3. The van der Waals surface area contributed by atoms with Crippen LogP contribution in [0.4, 0.5) is 0 Å². The highest BCUT2D eigenvalue weighted by Gasteiger charge is 2.10. The summed E-state index contributed by atoms with van der Waals surface area (Å²) in [6.07, 6.45) is 2.07. The molecule has 0 unspecified atom stereocenters. The lowest BCUT2D eigenvalue weighted by Crippen LogP contribution is -2.00. The Morgan fingerprint density at radius 2 is 1.73 bits per heavy atom. The molecule has 0 bridgehead atoms. The standard InChI is InChI=1S/C13H14N2/c1-3-10-5-6-11(7-8-14)12(4-2)13(10)9-15/h5-6H,3-4,7H2,1-2H3. The molecule has 0 heterocycles. The van der Waals surface area contributed by atoms with Crippen LogP contribution < -0.4 is 0 Å². The van der Waals surface area contributed by atoms with E-state index in [1.807, 2.05) is 26.0 Å². The first-order valence-electron chi connectivity index (χ1n) is 5.19. The van der Waals surface area contributed by atoms with Crippen molar-refractivity contribution < 1.29 is 0 Å². The molecule has 0 aliphatic heterocycles. The monoisotopic (exact) mass is 198 g/mol. The molecule has 1 rings (SSSR count). The smallest absolute Gasteiger partial charge is 0.0997 e. The SMILES string of the molecule is CCc1ccc(CC#N)c(CC)c1C#N. The molecule has 0 atom stereocenters. The van der Waals surface area contributed by atoms with Gasteiger partial charge >= 0.3 is 0 Å². The lowest BCUT2D eigenvalue weighted by Gasteiger charge is -2.10. The molecular weight excluding hydrogens is 184 g/mol. The van der Waals surface area contributed by atoms with Gasteiger partial charge in [0.25, 0.3) is 0 Å². The Kier molecular flexibility index (Phi) is 3.89. The summed E-state index contributed by atoms with van der Waals surface area (Å²) in [6.45, 7) is 4.07. The van der Waals surface area contributed by atoms with Crippen molar-refractivity contribution in [3.63, 3.8) is 0 Å². The largest absolute Gasteiger partial charge is 0.198 e. The average Bonchev–Trinajstić information content (AvgIpc) is 2.28. The summed E-state index contributed by atoms with van der Waals surface area (Å²) in [6, 6.07) is 8.33. The number of aryl methyl sites for hydroxylation is 1. The van der Waals surface area contributed by atoms with E-state index < -0.39 is 0 Å². The van der Waals surface area contributed by atoms with E-state index in [-0.39, 0.29) is 0 Å². The third-order valence-electron chi connectivity index (χ3n) is 2.61. The number of benzene rings is 1. The van der Waals surface area contributed by atoms with Gasteiger partial charge in [-0.1, -0.05) is 26.0 Å². The van der Waals surface area contributed by atoms with Crippen molar-refractivity contribution in [2.75, 3.05) is 0 Å². The zero-order valence-corrected chi connectivity index (χ0v) is 9.17. The molecule has 2 nitrogen and oxygen atoms in total. The fourth-order valence-corrected chi connectivity index (χ4v) is 1.83.